The summed E-state index contributed by atoms with van der Waals surface area (Å²) in [6, 6.07) is 2.90. The minimum Gasteiger partial charge on any atom is -0.477 e. The van der Waals surface area contributed by atoms with Gasteiger partial charge in [0.05, 0.1) is 0 Å². The fourth-order valence-electron chi connectivity index (χ4n) is 2.80. The van der Waals surface area contributed by atoms with Crippen molar-refractivity contribution in [2.75, 3.05) is 0 Å². The molecule has 0 bridgehead atoms. The van der Waals surface area contributed by atoms with E-state index >= 15 is 0 Å². The standard InChI is InChI=1S/C14H18ClNO3/c1-8-5-9(2)7-10(6-8)19-13-11(14(17)18)3-4-12(15)16-13/h3-4,8-10H,5-7H2,1-2H3,(H,17,18). The molecule has 0 aromatic carbocycles. The van der Waals surface area contributed by atoms with E-state index in [2.05, 4.69) is 18.8 Å². The molecule has 0 saturated heterocycles. The van der Waals surface area contributed by atoms with Crippen LogP contribution < -0.4 is 4.74 Å². The summed E-state index contributed by atoms with van der Waals surface area (Å²) in [7, 11) is 0. The molecule has 2 unspecified atom stereocenters. The van der Waals surface area contributed by atoms with Gasteiger partial charge in [0, 0.05) is 0 Å². The summed E-state index contributed by atoms with van der Waals surface area (Å²) in [6.45, 7) is 4.38. The Balaban J connectivity index is 2.18. The number of rotatable bonds is 3. The summed E-state index contributed by atoms with van der Waals surface area (Å²) in [6.07, 6.45) is 3.06. The second-order valence-corrected chi connectivity index (χ2v) is 5.84. The normalized spacial score (nSPS) is 27.0. The SMILES string of the molecule is CC1CC(C)CC(Oc2nc(Cl)ccc2C(=O)O)C1. The number of hydrogen-bond donors (Lipinski definition) is 1. The summed E-state index contributed by atoms with van der Waals surface area (Å²) < 4.78 is 5.79. The Labute approximate surface area is 117 Å². The van der Waals surface area contributed by atoms with Crippen LogP contribution in [0.3, 0.4) is 0 Å². The van der Waals surface area contributed by atoms with Crippen molar-refractivity contribution in [3.8, 4) is 5.88 Å². The van der Waals surface area contributed by atoms with Crippen molar-refractivity contribution in [2.24, 2.45) is 11.8 Å². The van der Waals surface area contributed by atoms with Crippen LogP contribution in [-0.4, -0.2) is 22.2 Å². The summed E-state index contributed by atoms with van der Waals surface area (Å²) in [5, 5.41) is 9.37. The van der Waals surface area contributed by atoms with Crippen LogP contribution >= 0.6 is 11.6 Å². The molecule has 1 aromatic heterocycles. The van der Waals surface area contributed by atoms with Gasteiger partial charge in [-0.15, -0.1) is 0 Å². The highest BCUT2D eigenvalue weighted by molar-refractivity contribution is 6.29. The van der Waals surface area contributed by atoms with Crippen molar-refractivity contribution in [3.05, 3.63) is 22.8 Å². The molecule has 1 aromatic rings. The number of carboxylic acid groups (broad SMARTS) is 1. The number of ether oxygens (including phenoxy) is 1. The first-order valence-electron chi connectivity index (χ1n) is 6.52. The molecule has 0 spiro atoms. The van der Waals surface area contributed by atoms with Crippen molar-refractivity contribution < 1.29 is 14.6 Å². The maximum absolute atomic E-state index is 11.1. The van der Waals surface area contributed by atoms with Gasteiger partial charge >= 0.3 is 5.97 Å². The molecule has 1 aliphatic rings. The number of halogens is 1. The lowest BCUT2D eigenvalue weighted by Crippen LogP contribution is -2.29. The lowest BCUT2D eigenvalue weighted by Gasteiger charge is -2.31. The third-order valence-electron chi connectivity index (χ3n) is 3.47. The van der Waals surface area contributed by atoms with E-state index in [0.29, 0.717) is 11.8 Å². The first-order valence-corrected chi connectivity index (χ1v) is 6.90. The summed E-state index contributed by atoms with van der Waals surface area (Å²) in [5.41, 5.74) is 0.0651. The van der Waals surface area contributed by atoms with Gasteiger partial charge in [-0.05, 0) is 43.2 Å². The predicted octanol–water partition coefficient (Wildman–Crippen LogP) is 3.64. The minimum absolute atomic E-state index is 0.0165. The Hall–Kier alpha value is -1.29. The van der Waals surface area contributed by atoms with Gasteiger partial charge in [-0.2, -0.15) is 0 Å². The Morgan fingerprint density at radius 3 is 2.53 bits per heavy atom. The number of carboxylic acids is 1. The Morgan fingerprint density at radius 2 is 1.95 bits per heavy atom. The molecular weight excluding hydrogens is 266 g/mol. The number of aromatic carboxylic acids is 1. The number of carbonyl (C=O) groups is 1. The molecule has 5 heteroatoms. The Bertz CT molecular complexity index is 468. The van der Waals surface area contributed by atoms with Crippen molar-refractivity contribution in [2.45, 2.75) is 39.2 Å². The van der Waals surface area contributed by atoms with Gasteiger partial charge in [0.25, 0.3) is 0 Å². The zero-order valence-electron chi connectivity index (χ0n) is 11.1. The molecule has 104 valence electrons. The molecule has 2 rings (SSSR count). The average Bonchev–Trinajstić information content (AvgIpc) is 2.26. The molecule has 0 amide bonds. The number of pyridine rings is 1. The molecule has 4 nitrogen and oxygen atoms in total. The monoisotopic (exact) mass is 283 g/mol. The topological polar surface area (TPSA) is 59.4 Å². The van der Waals surface area contributed by atoms with Gasteiger partial charge in [-0.25, -0.2) is 9.78 Å². The highest BCUT2D eigenvalue weighted by Gasteiger charge is 2.27. The van der Waals surface area contributed by atoms with Crippen molar-refractivity contribution in [1.29, 1.82) is 0 Å². The molecule has 1 heterocycles. The largest absolute Gasteiger partial charge is 0.477 e. The molecule has 1 saturated carbocycles. The lowest BCUT2D eigenvalue weighted by molar-refractivity contribution is 0.0670. The summed E-state index contributed by atoms with van der Waals surface area (Å²) >= 11 is 5.81. The summed E-state index contributed by atoms with van der Waals surface area (Å²) in [4.78, 5) is 15.1. The van der Waals surface area contributed by atoms with E-state index in [0.717, 1.165) is 12.8 Å². The zero-order valence-corrected chi connectivity index (χ0v) is 11.9. The van der Waals surface area contributed by atoms with Gasteiger partial charge in [-0.1, -0.05) is 25.4 Å². The molecule has 2 atom stereocenters. The molecule has 0 aliphatic heterocycles. The van der Waals surface area contributed by atoms with Crippen LogP contribution in [0.25, 0.3) is 0 Å². The van der Waals surface area contributed by atoms with Crippen LogP contribution in [0.2, 0.25) is 5.15 Å². The molecule has 0 radical (unpaired) electrons. The van der Waals surface area contributed by atoms with E-state index in [-0.39, 0.29) is 22.7 Å². The number of hydrogen-bond acceptors (Lipinski definition) is 3. The van der Waals surface area contributed by atoms with Gasteiger partial charge in [0.1, 0.15) is 16.8 Å². The van der Waals surface area contributed by atoms with E-state index < -0.39 is 5.97 Å². The molecule has 19 heavy (non-hydrogen) atoms. The fourth-order valence-corrected chi connectivity index (χ4v) is 2.94. The molecular formula is C14H18ClNO3. The first kappa shape index (κ1) is 14.1. The predicted molar refractivity (Wildman–Crippen MR) is 72.8 cm³/mol. The van der Waals surface area contributed by atoms with Crippen molar-refractivity contribution in [3.63, 3.8) is 0 Å². The Kier molecular flexibility index (Phi) is 4.30. The maximum atomic E-state index is 11.1. The quantitative estimate of drug-likeness (QED) is 0.861. The van der Waals surface area contributed by atoms with Crippen LogP contribution in [-0.2, 0) is 0 Å². The van der Waals surface area contributed by atoms with E-state index in [4.69, 9.17) is 21.4 Å². The highest BCUT2D eigenvalue weighted by atomic mass is 35.5. The van der Waals surface area contributed by atoms with E-state index in [1.54, 1.807) is 0 Å². The highest BCUT2D eigenvalue weighted by Crippen LogP contribution is 2.32. The lowest BCUT2D eigenvalue weighted by atomic mass is 9.82. The van der Waals surface area contributed by atoms with Crippen LogP contribution in [0, 0.1) is 11.8 Å². The smallest absolute Gasteiger partial charge is 0.341 e. The van der Waals surface area contributed by atoms with Crippen LogP contribution in [0.5, 0.6) is 5.88 Å². The number of aromatic nitrogens is 1. The van der Waals surface area contributed by atoms with Crippen molar-refractivity contribution >= 4 is 17.6 Å². The van der Waals surface area contributed by atoms with Crippen LogP contribution in [0.1, 0.15) is 43.5 Å². The van der Waals surface area contributed by atoms with Gasteiger partial charge in [0.2, 0.25) is 5.88 Å². The second-order valence-electron chi connectivity index (χ2n) is 5.45. The second kappa shape index (κ2) is 5.78. The molecule has 1 N–H and O–H groups in total. The van der Waals surface area contributed by atoms with Gasteiger partial charge in [-0.3, -0.25) is 0 Å². The van der Waals surface area contributed by atoms with Crippen molar-refractivity contribution in [1.82, 2.24) is 4.98 Å². The minimum atomic E-state index is -1.05. The van der Waals surface area contributed by atoms with E-state index in [9.17, 15) is 4.79 Å². The maximum Gasteiger partial charge on any atom is 0.341 e. The summed E-state index contributed by atoms with van der Waals surface area (Å²) in [5.74, 6) is 0.254. The van der Waals surface area contributed by atoms with Crippen LogP contribution in [0.4, 0.5) is 0 Å². The van der Waals surface area contributed by atoms with Gasteiger partial charge < -0.3 is 9.84 Å². The third kappa shape index (κ3) is 3.60. The molecule has 1 fully saturated rings. The average molecular weight is 284 g/mol. The first-order chi connectivity index (χ1) is 8.95. The van der Waals surface area contributed by atoms with E-state index in [1.807, 2.05) is 0 Å². The third-order valence-corrected chi connectivity index (χ3v) is 3.68. The Morgan fingerprint density at radius 1 is 1.32 bits per heavy atom. The van der Waals surface area contributed by atoms with Gasteiger partial charge in [0.15, 0.2) is 0 Å². The fraction of sp³-hybridized carbons (Fsp3) is 0.571. The van der Waals surface area contributed by atoms with E-state index in [1.165, 1.54) is 18.6 Å². The zero-order chi connectivity index (χ0) is 14.0. The van der Waals surface area contributed by atoms with Crippen LogP contribution in [0.15, 0.2) is 12.1 Å². The molecule has 1 aliphatic carbocycles. The number of nitrogens with zero attached hydrogens (tertiary/aromatic N) is 1.